The molecule has 1 unspecified atom stereocenters. The van der Waals surface area contributed by atoms with Crippen LogP contribution in [0.4, 0.5) is 0 Å². The van der Waals surface area contributed by atoms with E-state index in [9.17, 15) is 4.79 Å². The van der Waals surface area contributed by atoms with Crippen LogP contribution in [0.25, 0.3) is 6.08 Å². The maximum absolute atomic E-state index is 12.7. The summed E-state index contributed by atoms with van der Waals surface area (Å²) in [5.41, 5.74) is 2.32. The number of piperazine rings is 1. The summed E-state index contributed by atoms with van der Waals surface area (Å²) < 4.78 is 0. The average Bonchev–Trinajstić information content (AvgIpc) is 2.87. The van der Waals surface area contributed by atoms with Gasteiger partial charge in [-0.2, -0.15) is 0 Å². The van der Waals surface area contributed by atoms with Crippen LogP contribution in [0.1, 0.15) is 30.4 Å². The molecule has 2 saturated heterocycles. The molecule has 1 aromatic rings. The molecule has 1 amide bonds. The van der Waals surface area contributed by atoms with Gasteiger partial charge < -0.3 is 9.80 Å². The molecule has 0 spiro atoms. The van der Waals surface area contributed by atoms with Crippen molar-refractivity contribution >= 4 is 12.0 Å². The van der Waals surface area contributed by atoms with Gasteiger partial charge in [0.2, 0.25) is 5.91 Å². The fourth-order valence-electron chi connectivity index (χ4n) is 3.85. The molecule has 0 aromatic heterocycles. The maximum atomic E-state index is 12.7. The molecule has 3 rings (SSSR count). The van der Waals surface area contributed by atoms with Crippen LogP contribution >= 0.6 is 0 Å². The van der Waals surface area contributed by atoms with Crippen molar-refractivity contribution in [3.8, 4) is 0 Å². The largest absolute Gasteiger partial charge is 0.338 e. The lowest BCUT2D eigenvalue weighted by atomic mass is 10.1. The summed E-state index contributed by atoms with van der Waals surface area (Å²) in [6.07, 6.45) is 7.26. The Labute approximate surface area is 152 Å². The van der Waals surface area contributed by atoms with Crippen LogP contribution in [-0.4, -0.2) is 73.0 Å². The van der Waals surface area contributed by atoms with Crippen molar-refractivity contribution < 1.29 is 4.79 Å². The average molecular weight is 341 g/mol. The molecule has 136 valence electrons. The van der Waals surface area contributed by atoms with E-state index in [1.165, 1.54) is 18.4 Å². The Hall–Kier alpha value is -1.65. The van der Waals surface area contributed by atoms with Crippen molar-refractivity contribution in [3.05, 3.63) is 41.5 Å². The zero-order chi connectivity index (χ0) is 17.6. The topological polar surface area (TPSA) is 26.8 Å². The first-order valence-corrected chi connectivity index (χ1v) is 9.58. The van der Waals surface area contributed by atoms with Crippen LogP contribution in [0.2, 0.25) is 0 Å². The third kappa shape index (κ3) is 5.16. The van der Waals surface area contributed by atoms with Gasteiger partial charge in [-0.1, -0.05) is 36.2 Å². The molecular formula is C21H31N3O. The van der Waals surface area contributed by atoms with Gasteiger partial charge in [0.25, 0.3) is 0 Å². The van der Waals surface area contributed by atoms with Crippen LogP contribution < -0.4 is 0 Å². The van der Waals surface area contributed by atoms with Gasteiger partial charge in [0.15, 0.2) is 0 Å². The number of hydrogen-bond acceptors (Lipinski definition) is 3. The predicted octanol–water partition coefficient (Wildman–Crippen LogP) is 2.64. The monoisotopic (exact) mass is 341 g/mol. The van der Waals surface area contributed by atoms with Crippen molar-refractivity contribution in [2.75, 3.05) is 46.3 Å². The highest BCUT2D eigenvalue weighted by Gasteiger charge is 2.27. The van der Waals surface area contributed by atoms with Crippen molar-refractivity contribution in [1.29, 1.82) is 0 Å². The minimum absolute atomic E-state index is 0.155. The smallest absolute Gasteiger partial charge is 0.246 e. The molecule has 0 bridgehead atoms. The van der Waals surface area contributed by atoms with Gasteiger partial charge in [-0.3, -0.25) is 9.69 Å². The first-order valence-electron chi connectivity index (χ1n) is 9.58. The second-order valence-corrected chi connectivity index (χ2v) is 7.52. The zero-order valence-electron chi connectivity index (χ0n) is 15.7. The molecule has 0 N–H and O–H groups in total. The summed E-state index contributed by atoms with van der Waals surface area (Å²) in [7, 11) is 2.19. The molecule has 4 heteroatoms. The molecule has 25 heavy (non-hydrogen) atoms. The maximum Gasteiger partial charge on any atom is 0.246 e. The lowest BCUT2D eigenvalue weighted by Crippen LogP contribution is -2.52. The van der Waals surface area contributed by atoms with Gasteiger partial charge in [0.1, 0.15) is 0 Å². The van der Waals surface area contributed by atoms with Gasteiger partial charge in [0.05, 0.1) is 0 Å². The second kappa shape index (κ2) is 8.63. The van der Waals surface area contributed by atoms with E-state index in [4.69, 9.17) is 0 Å². The highest BCUT2D eigenvalue weighted by molar-refractivity contribution is 5.91. The quantitative estimate of drug-likeness (QED) is 0.791. The second-order valence-electron chi connectivity index (χ2n) is 7.52. The van der Waals surface area contributed by atoms with Crippen LogP contribution in [0.5, 0.6) is 0 Å². The first kappa shape index (κ1) is 18.2. The van der Waals surface area contributed by atoms with Gasteiger partial charge in [-0.15, -0.1) is 0 Å². The summed E-state index contributed by atoms with van der Waals surface area (Å²) in [4.78, 5) is 19.7. The Morgan fingerprint density at radius 3 is 2.68 bits per heavy atom. The van der Waals surface area contributed by atoms with E-state index < -0.39 is 0 Å². The highest BCUT2D eigenvalue weighted by atomic mass is 16.2. The van der Waals surface area contributed by atoms with E-state index in [0.717, 1.165) is 51.3 Å². The number of amides is 1. The number of aryl methyl sites for hydroxylation is 1. The van der Waals surface area contributed by atoms with Crippen LogP contribution in [0, 0.1) is 6.92 Å². The van der Waals surface area contributed by atoms with Crippen molar-refractivity contribution in [2.45, 2.75) is 32.2 Å². The molecule has 2 heterocycles. The van der Waals surface area contributed by atoms with Crippen LogP contribution in [0.15, 0.2) is 30.3 Å². The molecule has 0 radical (unpaired) electrons. The van der Waals surface area contributed by atoms with Crippen molar-refractivity contribution in [2.24, 2.45) is 0 Å². The number of likely N-dealkylation sites (tertiary alicyclic amines) is 1. The van der Waals surface area contributed by atoms with E-state index in [1.54, 1.807) is 6.08 Å². The third-order valence-corrected chi connectivity index (χ3v) is 5.47. The van der Waals surface area contributed by atoms with E-state index in [1.807, 2.05) is 18.2 Å². The number of carbonyl (C=O) groups is 1. The Balaban J connectivity index is 1.61. The third-order valence-electron chi connectivity index (χ3n) is 5.47. The van der Waals surface area contributed by atoms with E-state index in [0.29, 0.717) is 6.04 Å². The normalized spacial score (nSPS) is 23.8. The fraction of sp³-hybridized carbons (Fsp3) is 0.571. The van der Waals surface area contributed by atoms with Crippen LogP contribution in [-0.2, 0) is 4.79 Å². The SMILES string of the molecule is Cc1cccc(/C=C/C(=O)N2CCCCC(N3CCN(C)CC3)C2)c1. The minimum atomic E-state index is 0.155. The minimum Gasteiger partial charge on any atom is -0.338 e. The summed E-state index contributed by atoms with van der Waals surface area (Å²) >= 11 is 0. The number of hydrogen-bond donors (Lipinski definition) is 0. The number of benzene rings is 1. The summed E-state index contributed by atoms with van der Waals surface area (Å²) in [6, 6.07) is 8.79. The highest BCUT2D eigenvalue weighted by Crippen LogP contribution is 2.18. The number of carbonyl (C=O) groups excluding carboxylic acids is 1. The molecule has 2 aliphatic heterocycles. The zero-order valence-corrected chi connectivity index (χ0v) is 15.7. The predicted molar refractivity (Wildman–Crippen MR) is 104 cm³/mol. The summed E-state index contributed by atoms with van der Waals surface area (Å²) in [5.74, 6) is 0.155. The Morgan fingerprint density at radius 1 is 1.12 bits per heavy atom. The van der Waals surface area contributed by atoms with Crippen molar-refractivity contribution in [1.82, 2.24) is 14.7 Å². The Bertz CT molecular complexity index is 605. The van der Waals surface area contributed by atoms with Gasteiger partial charge in [-0.05, 0) is 38.5 Å². The van der Waals surface area contributed by atoms with Gasteiger partial charge >= 0.3 is 0 Å². The Kier molecular flexibility index (Phi) is 6.27. The summed E-state index contributed by atoms with van der Waals surface area (Å²) in [5, 5.41) is 0. The summed E-state index contributed by atoms with van der Waals surface area (Å²) in [6.45, 7) is 8.37. The molecular weight excluding hydrogens is 310 g/mol. The molecule has 0 aliphatic carbocycles. The molecule has 0 saturated carbocycles. The molecule has 2 aliphatic rings. The lowest BCUT2D eigenvalue weighted by molar-refractivity contribution is -0.126. The van der Waals surface area contributed by atoms with E-state index >= 15 is 0 Å². The number of nitrogens with zero attached hydrogens (tertiary/aromatic N) is 3. The van der Waals surface area contributed by atoms with E-state index in [2.05, 4.69) is 40.8 Å². The number of likely N-dealkylation sites (N-methyl/N-ethyl adjacent to an activating group) is 1. The molecule has 1 aromatic carbocycles. The lowest BCUT2D eigenvalue weighted by Gasteiger charge is -2.39. The molecule has 1 atom stereocenters. The fourth-order valence-corrected chi connectivity index (χ4v) is 3.85. The van der Waals surface area contributed by atoms with Crippen molar-refractivity contribution in [3.63, 3.8) is 0 Å². The standard InChI is InChI=1S/C21H31N3O/c1-18-6-5-7-19(16-18)9-10-21(25)24-11-4-3-8-20(17-24)23-14-12-22(2)13-15-23/h5-7,9-10,16,20H,3-4,8,11-15,17H2,1-2H3/b10-9+. The van der Waals surface area contributed by atoms with Gasteiger partial charge in [0, 0.05) is 51.4 Å². The first-order chi connectivity index (χ1) is 12.1. The van der Waals surface area contributed by atoms with Crippen LogP contribution in [0.3, 0.4) is 0 Å². The molecule has 2 fully saturated rings. The van der Waals surface area contributed by atoms with E-state index in [-0.39, 0.29) is 5.91 Å². The number of rotatable bonds is 3. The van der Waals surface area contributed by atoms with Gasteiger partial charge in [-0.25, -0.2) is 0 Å². The Morgan fingerprint density at radius 2 is 1.92 bits per heavy atom. The molecule has 4 nitrogen and oxygen atoms in total.